The van der Waals surface area contributed by atoms with Gasteiger partial charge in [0.15, 0.2) is 5.82 Å². The zero-order chi connectivity index (χ0) is 14.4. The molecule has 0 unspecified atom stereocenters. The molecule has 0 saturated carbocycles. The molecule has 0 aliphatic heterocycles. The molecule has 6 nitrogen and oxygen atoms in total. The lowest BCUT2D eigenvalue weighted by Crippen LogP contribution is -2.26. The highest BCUT2D eigenvalue weighted by molar-refractivity contribution is 5.30. The third kappa shape index (κ3) is 3.94. The molecule has 0 atom stereocenters. The van der Waals surface area contributed by atoms with Crippen LogP contribution < -0.4 is 10.9 Å². The van der Waals surface area contributed by atoms with Crippen LogP contribution >= 0.6 is 0 Å². The Morgan fingerprint density at radius 2 is 2.15 bits per heavy atom. The van der Waals surface area contributed by atoms with Gasteiger partial charge in [0, 0.05) is 44.4 Å². The molecule has 108 valence electrons. The molecule has 6 heteroatoms. The summed E-state index contributed by atoms with van der Waals surface area (Å²) in [7, 11) is 0. The number of hydrogen-bond acceptors (Lipinski definition) is 4. The summed E-state index contributed by atoms with van der Waals surface area (Å²) >= 11 is 0. The molecular formula is C14H21N5O. The van der Waals surface area contributed by atoms with E-state index in [1.807, 2.05) is 10.8 Å². The molecule has 20 heavy (non-hydrogen) atoms. The molecule has 2 aromatic rings. The Morgan fingerprint density at radius 1 is 1.30 bits per heavy atom. The van der Waals surface area contributed by atoms with Gasteiger partial charge in [-0.2, -0.15) is 0 Å². The van der Waals surface area contributed by atoms with Crippen molar-refractivity contribution in [1.29, 1.82) is 0 Å². The minimum absolute atomic E-state index is 0.0520. The predicted octanol–water partition coefficient (Wildman–Crippen LogP) is 1.60. The molecule has 0 radical (unpaired) electrons. The standard InChI is InChI=1S/C14H21N5O/c1-12(2)10-19-9-6-17-13(14(19)20)16-4-3-7-18-8-5-15-11-18/h5-6,8-9,11-12H,3-4,7,10H2,1-2H3,(H,16,17). The molecule has 0 spiro atoms. The smallest absolute Gasteiger partial charge is 0.293 e. The molecule has 0 bridgehead atoms. The van der Waals surface area contributed by atoms with Gasteiger partial charge in [-0.15, -0.1) is 0 Å². The largest absolute Gasteiger partial charge is 0.365 e. The van der Waals surface area contributed by atoms with E-state index in [2.05, 4.69) is 29.1 Å². The molecule has 2 heterocycles. The Balaban J connectivity index is 1.88. The van der Waals surface area contributed by atoms with E-state index in [9.17, 15) is 4.79 Å². The third-order valence-electron chi connectivity index (χ3n) is 2.92. The molecule has 0 aliphatic carbocycles. The van der Waals surface area contributed by atoms with Crippen molar-refractivity contribution >= 4 is 5.82 Å². The number of nitrogens with one attached hydrogen (secondary N) is 1. The topological polar surface area (TPSA) is 64.7 Å². The van der Waals surface area contributed by atoms with Crippen LogP contribution in [-0.2, 0) is 13.1 Å². The second-order valence-electron chi connectivity index (χ2n) is 5.21. The Labute approximate surface area is 118 Å². The number of hydrogen-bond donors (Lipinski definition) is 1. The summed E-state index contributed by atoms with van der Waals surface area (Å²) in [5.74, 6) is 0.864. The van der Waals surface area contributed by atoms with E-state index in [0.29, 0.717) is 24.8 Å². The Bertz CT molecular complexity index is 574. The Kier molecular flexibility index (Phi) is 4.92. The molecule has 0 fully saturated rings. The zero-order valence-electron chi connectivity index (χ0n) is 12.0. The Morgan fingerprint density at radius 3 is 2.85 bits per heavy atom. The fourth-order valence-electron chi connectivity index (χ4n) is 1.99. The van der Waals surface area contributed by atoms with E-state index in [1.54, 1.807) is 29.5 Å². The van der Waals surface area contributed by atoms with Crippen molar-refractivity contribution in [3.05, 3.63) is 41.5 Å². The van der Waals surface area contributed by atoms with Gasteiger partial charge in [0.05, 0.1) is 6.33 Å². The highest BCUT2D eigenvalue weighted by atomic mass is 16.1. The summed E-state index contributed by atoms with van der Waals surface area (Å²) in [6, 6.07) is 0. The van der Waals surface area contributed by atoms with E-state index in [4.69, 9.17) is 0 Å². The summed E-state index contributed by atoms with van der Waals surface area (Å²) in [6.07, 6.45) is 9.79. The molecular weight excluding hydrogens is 254 g/mol. The van der Waals surface area contributed by atoms with Gasteiger partial charge in [-0.05, 0) is 12.3 Å². The molecule has 0 saturated heterocycles. The van der Waals surface area contributed by atoms with Crippen LogP contribution in [0.2, 0.25) is 0 Å². The first-order valence-electron chi connectivity index (χ1n) is 6.92. The van der Waals surface area contributed by atoms with E-state index < -0.39 is 0 Å². The number of imidazole rings is 1. The normalized spacial score (nSPS) is 10.9. The number of rotatable bonds is 7. The van der Waals surface area contributed by atoms with Crippen LogP contribution in [0.25, 0.3) is 0 Å². The van der Waals surface area contributed by atoms with Crippen LogP contribution in [0.15, 0.2) is 35.9 Å². The van der Waals surface area contributed by atoms with E-state index >= 15 is 0 Å². The molecule has 2 rings (SSSR count). The van der Waals surface area contributed by atoms with Gasteiger partial charge in [-0.1, -0.05) is 13.8 Å². The average molecular weight is 275 g/mol. The van der Waals surface area contributed by atoms with Crippen LogP contribution in [-0.4, -0.2) is 25.6 Å². The lowest BCUT2D eigenvalue weighted by Gasteiger charge is -2.10. The first-order valence-corrected chi connectivity index (χ1v) is 6.92. The predicted molar refractivity (Wildman–Crippen MR) is 78.7 cm³/mol. The summed E-state index contributed by atoms with van der Waals surface area (Å²) in [4.78, 5) is 20.3. The quantitative estimate of drug-likeness (QED) is 0.779. The molecule has 0 amide bonds. The fraction of sp³-hybridized carbons (Fsp3) is 0.500. The van der Waals surface area contributed by atoms with Crippen molar-refractivity contribution in [2.75, 3.05) is 11.9 Å². The summed E-state index contributed by atoms with van der Waals surface area (Å²) in [6.45, 7) is 6.48. The van der Waals surface area contributed by atoms with Crippen molar-refractivity contribution in [1.82, 2.24) is 19.1 Å². The van der Waals surface area contributed by atoms with Gasteiger partial charge in [0.2, 0.25) is 0 Å². The lowest BCUT2D eigenvalue weighted by molar-refractivity contribution is 0.509. The van der Waals surface area contributed by atoms with Gasteiger partial charge in [-0.25, -0.2) is 9.97 Å². The second kappa shape index (κ2) is 6.88. The van der Waals surface area contributed by atoms with Gasteiger partial charge in [0.25, 0.3) is 5.56 Å². The van der Waals surface area contributed by atoms with Crippen LogP contribution in [0.3, 0.4) is 0 Å². The molecule has 2 aromatic heterocycles. The second-order valence-corrected chi connectivity index (χ2v) is 5.21. The maximum atomic E-state index is 12.2. The maximum Gasteiger partial charge on any atom is 0.293 e. The minimum Gasteiger partial charge on any atom is -0.365 e. The van der Waals surface area contributed by atoms with Crippen LogP contribution in [0, 0.1) is 5.92 Å². The van der Waals surface area contributed by atoms with E-state index in [1.165, 1.54) is 0 Å². The van der Waals surface area contributed by atoms with Crippen molar-refractivity contribution < 1.29 is 0 Å². The maximum absolute atomic E-state index is 12.2. The summed E-state index contributed by atoms with van der Waals surface area (Å²) in [5.41, 5.74) is -0.0520. The third-order valence-corrected chi connectivity index (χ3v) is 2.92. The lowest BCUT2D eigenvalue weighted by atomic mass is 10.2. The zero-order valence-corrected chi connectivity index (χ0v) is 12.0. The first-order chi connectivity index (χ1) is 9.66. The van der Waals surface area contributed by atoms with Gasteiger partial charge < -0.3 is 14.5 Å². The monoisotopic (exact) mass is 275 g/mol. The Hall–Kier alpha value is -2.11. The van der Waals surface area contributed by atoms with E-state index in [-0.39, 0.29) is 5.56 Å². The van der Waals surface area contributed by atoms with Crippen molar-refractivity contribution in [2.24, 2.45) is 5.92 Å². The molecule has 0 aromatic carbocycles. The summed E-state index contributed by atoms with van der Waals surface area (Å²) < 4.78 is 3.72. The van der Waals surface area contributed by atoms with Crippen molar-refractivity contribution in [2.45, 2.75) is 33.4 Å². The van der Waals surface area contributed by atoms with Crippen molar-refractivity contribution in [3.63, 3.8) is 0 Å². The number of aromatic nitrogens is 4. The van der Waals surface area contributed by atoms with Crippen LogP contribution in [0.4, 0.5) is 5.82 Å². The average Bonchev–Trinajstić information content (AvgIpc) is 2.91. The van der Waals surface area contributed by atoms with Gasteiger partial charge in [-0.3, -0.25) is 4.79 Å². The van der Waals surface area contributed by atoms with Gasteiger partial charge in [0.1, 0.15) is 0 Å². The van der Waals surface area contributed by atoms with E-state index in [0.717, 1.165) is 13.0 Å². The number of anilines is 1. The highest BCUT2D eigenvalue weighted by Gasteiger charge is 2.05. The SMILES string of the molecule is CC(C)Cn1ccnc(NCCCn2ccnc2)c1=O. The number of nitrogens with zero attached hydrogens (tertiary/aromatic N) is 4. The fourth-order valence-corrected chi connectivity index (χ4v) is 1.99. The molecule has 0 aliphatic rings. The van der Waals surface area contributed by atoms with Crippen LogP contribution in [0.1, 0.15) is 20.3 Å². The minimum atomic E-state index is -0.0520. The molecule has 1 N–H and O–H groups in total. The first kappa shape index (κ1) is 14.3. The van der Waals surface area contributed by atoms with Gasteiger partial charge >= 0.3 is 0 Å². The van der Waals surface area contributed by atoms with Crippen LogP contribution in [0.5, 0.6) is 0 Å². The number of aryl methyl sites for hydroxylation is 1. The summed E-state index contributed by atoms with van der Waals surface area (Å²) in [5, 5.41) is 3.11. The highest BCUT2D eigenvalue weighted by Crippen LogP contribution is 1.99. The van der Waals surface area contributed by atoms with Crippen molar-refractivity contribution in [3.8, 4) is 0 Å².